The number of unbranched alkanes of at least 4 members (excludes halogenated alkanes) is 1. The van der Waals surface area contributed by atoms with E-state index in [4.69, 9.17) is 0 Å². The molecule has 0 saturated heterocycles. The van der Waals surface area contributed by atoms with E-state index in [9.17, 15) is 4.79 Å². The lowest BCUT2D eigenvalue weighted by Crippen LogP contribution is -2.30. The molecule has 4 nitrogen and oxygen atoms in total. The van der Waals surface area contributed by atoms with E-state index in [0.717, 1.165) is 30.2 Å². The minimum Gasteiger partial charge on any atom is -0.350 e. The van der Waals surface area contributed by atoms with Crippen LogP contribution in [0.25, 0.3) is 0 Å². The van der Waals surface area contributed by atoms with Crippen LogP contribution in [-0.4, -0.2) is 20.7 Å². The molecule has 0 aliphatic rings. The second kappa shape index (κ2) is 8.55. The fraction of sp³-hybridized carbons (Fsp3) is 0.529. The molecule has 0 aliphatic carbocycles. The Labute approximate surface area is 146 Å². The van der Waals surface area contributed by atoms with Gasteiger partial charge in [-0.25, -0.2) is 4.98 Å². The average Bonchev–Trinajstić information content (AvgIpc) is 3.13. The maximum atomic E-state index is 12.3. The van der Waals surface area contributed by atoms with E-state index in [1.54, 1.807) is 23.1 Å². The summed E-state index contributed by atoms with van der Waals surface area (Å²) < 4.78 is 2.24. The number of aryl methyl sites for hydroxylation is 1. The van der Waals surface area contributed by atoms with Crippen LogP contribution in [0.3, 0.4) is 0 Å². The molecule has 1 amide bonds. The topological polar surface area (TPSA) is 46.9 Å². The van der Waals surface area contributed by atoms with Gasteiger partial charge in [0.05, 0.1) is 17.5 Å². The molecular formula is C17H25N3OS2. The number of nitrogens with zero attached hydrogens (tertiary/aromatic N) is 2. The summed E-state index contributed by atoms with van der Waals surface area (Å²) in [7, 11) is 0. The highest BCUT2D eigenvalue weighted by Gasteiger charge is 2.19. The summed E-state index contributed by atoms with van der Waals surface area (Å²) >= 11 is 3.20. The fourth-order valence-electron chi connectivity index (χ4n) is 2.24. The monoisotopic (exact) mass is 351 g/mol. The average molecular weight is 352 g/mol. The van der Waals surface area contributed by atoms with Crippen LogP contribution in [0.1, 0.15) is 43.0 Å². The van der Waals surface area contributed by atoms with Crippen LogP contribution in [0.5, 0.6) is 0 Å². The van der Waals surface area contributed by atoms with Crippen LogP contribution >= 0.6 is 23.1 Å². The Balaban J connectivity index is 1.97. The molecule has 0 bridgehead atoms. The van der Waals surface area contributed by atoms with Crippen LogP contribution in [0.2, 0.25) is 0 Å². The number of thiophene rings is 1. The van der Waals surface area contributed by atoms with Crippen molar-refractivity contribution < 1.29 is 4.79 Å². The highest BCUT2D eigenvalue weighted by molar-refractivity contribution is 8.00. The standard InChI is InChI=1S/C17H25N3OS2/c1-5-6-9-20-13(3)12(2)19-17(20)23-14(4)16(21)18-11-15-8-7-10-22-15/h7-8,10,14H,5-6,9,11H2,1-4H3,(H,18,21). The van der Waals surface area contributed by atoms with Gasteiger partial charge in [-0.1, -0.05) is 31.2 Å². The third kappa shape index (κ3) is 4.85. The SMILES string of the molecule is CCCCn1c(SC(C)C(=O)NCc2cccs2)nc(C)c1C. The van der Waals surface area contributed by atoms with Gasteiger partial charge in [0.2, 0.25) is 5.91 Å². The highest BCUT2D eigenvalue weighted by Crippen LogP contribution is 2.26. The zero-order valence-electron chi connectivity index (χ0n) is 14.3. The van der Waals surface area contributed by atoms with Gasteiger partial charge < -0.3 is 9.88 Å². The number of carbonyl (C=O) groups excluding carboxylic acids is 1. The zero-order valence-corrected chi connectivity index (χ0v) is 15.9. The second-order valence-electron chi connectivity index (χ2n) is 5.63. The Morgan fingerprint density at radius 1 is 1.48 bits per heavy atom. The Morgan fingerprint density at radius 3 is 2.91 bits per heavy atom. The fourth-order valence-corrected chi connectivity index (χ4v) is 3.93. The zero-order chi connectivity index (χ0) is 16.8. The quantitative estimate of drug-likeness (QED) is 0.727. The number of hydrogen-bond donors (Lipinski definition) is 1. The minimum absolute atomic E-state index is 0.0590. The van der Waals surface area contributed by atoms with Gasteiger partial charge in [-0.05, 0) is 38.6 Å². The van der Waals surface area contributed by atoms with Crippen molar-refractivity contribution >= 4 is 29.0 Å². The van der Waals surface area contributed by atoms with Crippen LogP contribution in [0.15, 0.2) is 22.7 Å². The molecule has 0 radical (unpaired) electrons. The first kappa shape index (κ1) is 18.1. The van der Waals surface area contributed by atoms with E-state index < -0.39 is 0 Å². The molecule has 126 valence electrons. The maximum Gasteiger partial charge on any atom is 0.233 e. The molecule has 2 aromatic heterocycles. The van der Waals surface area contributed by atoms with Gasteiger partial charge in [-0.3, -0.25) is 4.79 Å². The van der Waals surface area contributed by atoms with E-state index >= 15 is 0 Å². The van der Waals surface area contributed by atoms with Crippen LogP contribution in [-0.2, 0) is 17.9 Å². The molecule has 6 heteroatoms. The normalized spacial score (nSPS) is 12.3. The molecule has 2 aromatic rings. The van der Waals surface area contributed by atoms with Crippen LogP contribution < -0.4 is 5.32 Å². The van der Waals surface area contributed by atoms with Gasteiger partial charge >= 0.3 is 0 Å². The molecule has 0 spiro atoms. The number of rotatable bonds is 8. The van der Waals surface area contributed by atoms with Crippen molar-refractivity contribution in [2.45, 2.75) is 64.0 Å². The van der Waals surface area contributed by atoms with E-state index in [1.807, 2.05) is 31.4 Å². The van der Waals surface area contributed by atoms with Gasteiger partial charge in [0.15, 0.2) is 5.16 Å². The number of aromatic nitrogens is 2. The first-order valence-electron chi connectivity index (χ1n) is 8.03. The minimum atomic E-state index is -0.156. The summed E-state index contributed by atoms with van der Waals surface area (Å²) in [6.07, 6.45) is 2.28. The van der Waals surface area contributed by atoms with Crippen molar-refractivity contribution in [1.82, 2.24) is 14.9 Å². The Kier molecular flexibility index (Phi) is 6.72. The van der Waals surface area contributed by atoms with Crippen molar-refractivity contribution in [3.63, 3.8) is 0 Å². The number of nitrogens with one attached hydrogen (secondary N) is 1. The molecule has 0 saturated carbocycles. The van der Waals surface area contributed by atoms with Crippen molar-refractivity contribution in [3.8, 4) is 0 Å². The number of hydrogen-bond acceptors (Lipinski definition) is 4. The molecule has 0 aliphatic heterocycles. The number of thioether (sulfide) groups is 1. The van der Waals surface area contributed by atoms with Gasteiger partial charge in [0, 0.05) is 17.1 Å². The largest absolute Gasteiger partial charge is 0.350 e. The molecule has 0 aromatic carbocycles. The lowest BCUT2D eigenvalue weighted by molar-refractivity contribution is -0.120. The number of carbonyl (C=O) groups is 1. The third-order valence-corrected chi connectivity index (χ3v) is 5.79. The van der Waals surface area contributed by atoms with Crippen molar-refractivity contribution in [2.75, 3.05) is 0 Å². The Hall–Kier alpha value is -1.27. The number of imidazole rings is 1. The van der Waals surface area contributed by atoms with Crippen molar-refractivity contribution in [3.05, 3.63) is 33.8 Å². The molecule has 2 rings (SSSR count). The van der Waals surface area contributed by atoms with Crippen LogP contribution in [0.4, 0.5) is 0 Å². The van der Waals surface area contributed by atoms with Gasteiger partial charge in [0.25, 0.3) is 0 Å². The second-order valence-corrected chi connectivity index (χ2v) is 7.97. The highest BCUT2D eigenvalue weighted by atomic mass is 32.2. The molecular weight excluding hydrogens is 326 g/mol. The summed E-state index contributed by atoms with van der Waals surface area (Å²) in [5, 5.41) is 5.82. The predicted octanol–water partition coefficient (Wildman–Crippen LogP) is 4.16. The van der Waals surface area contributed by atoms with Gasteiger partial charge in [0.1, 0.15) is 0 Å². The van der Waals surface area contributed by atoms with E-state index in [0.29, 0.717) is 6.54 Å². The van der Waals surface area contributed by atoms with Gasteiger partial charge in [-0.15, -0.1) is 11.3 Å². The summed E-state index contributed by atoms with van der Waals surface area (Å²) in [6.45, 7) is 9.83. The lowest BCUT2D eigenvalue weighted by atomic mass is 10.3. The van der Waals surface area contributed by atoms with E-state index in [-0.39, 0.29) is 11.2 Å². The predicted molar refractivity (Wildman–Crippen MR) is 98.1 cm³/mol. The molecule has 2 heterocycles. The van der Waals surface area contributed by atoms with E-state index in [1.165, 1.54) is 10.6 Å². The summed E-state index contributed by atoms with van der Waals surface area (Å²) in [5.74, 6) is 0.0590. The Bertz CT molecular complexity index is 635. The third-order valence-electron chi connectivity index (χ3n) is 3.83. The Morgan fingerprint density at radius 2 is 2.26 bits per heavy atom. The summed E-state index contributed by atoms with van der Waals surface area (Å²) in [4.78, 5) is 18.1. The molecule has 23 heavy (non-hydrogen) atoms. The first-order chi connectivity index (χ1) is 11.0. The molecule has 0 fully saturated rings. The molecule has 1 N–H and O–H groups in total. The van der Waals surface area contributed by atoms with Crippen LogP contribution in [0, 0.1) is 13.8 Å². The van der Waals surface area contributed by atoms with Crippen molar-refractivity contribution in [1.29, 1.82) is 0 Å². The van der Waals surface area contributed by atoms with Crippen molar-refractivity contribution in [2.24, 2.45) is 0 Å². The molecule has 1 atom stereocenters. The first-order valence-corrected chi connectivity index (χ1v) is 9.79. The summed E-state index contributed by atoms with van der Waals surface area (Å²) in [6, 6.07) is 4.04. The molecule has 1 unspecified atom stereocenters. The number of amides is 1. The maximum absolute atomic E-state index is 12.3. The lowest BCUT2D eigenvalue weighted by Gasteiger charge is -2.13. The smallest absolute Gasteiger partial charge is 0.233 e. The van der Waals surface area contributed by atoms with Gasteiger partial charge in [-0.2, -0.15) is 0 Å². The summed E-state index contributed by atoms with van der Waals surface area (Å²) in [5.41, 5.74) is 2.25. The van der Waals surface area contributed by atoms with E-state index in [2.05, 4.69) is 28.7 Å².